The number of pyridine rings is 1. The number of nitrogens with one attached hydrogen (secondary N) is 1. The molecule has 1 aromatic heterocycles. The van der Waals surface area contributed by atoms with E-state index in [1.54, 1.807) is 23.7 Å². The number of aromatic nitrogens is 1. The van der Waals surface area contributed by atoms with Gasteiger partial charge in [0.25, 0.3) is 0 Å². The standard InChI is InChI=1S/C28H32F3N3O6/c1-39-18-2-3-23-20(12-18)25(17(16-35)15-32-23)24(36)4-5-28(27(37)33-38)6-8-34(9-7-28)10-11-40-19-13-21(29)26(31)22(30)14-19/h2-3,12-15,24,35-36,38H,4-11,16H2,1H3,(H,33,37)/t24-/m1/s1. The smallest absolute Gasteiger partial charge is 0.249 e. The fourth-order valence-corrected chi connectivity index (χ4v) is 5.26. The van der Waals surface area contributed by atoms with Crippen LogP contribution < -0.4 is 15.0 Å². The highest BCUT2D eigenvalue weighted by molar-refractivity contribution is 5.85. The molecule has 3 aromatic rings. The monoisotopic (exact) mass is 563 g/mol. The molecular formula is C28H32F3N3O6. The third-order valence-electron chi connectivity index (χ3n) is 7.63. The largest absolute Gasteiger partial charge is 0.497 e. The highest BCUT2D eigenvalue weighted by Crippen LogP contribution is 2.40. The van der Waals surface area contributed by atoms with Gasteiger partial charge in [0.1, 0.15) is 18.1 Å². The maximum Gasteiger partial charge on any atom is 0.249 e. The van der Waals surface area contributed by atoms with Crippen LogP contribution in [0.1, 0.15) is 42.9 Å². The van der Waals surface area contributed by atoms with Gasteiger partial charge in [0.05, 0.1) is 30.8 Å². The number of piperidine rings is 1. The van der Waals surface area contributed by atoms with Crippen LogP contribution in [0.3, 0.4) is 0 Å². The van der Waals surface area contributed by atoms with Gasteiger partial charge in [0.2, 0.25) is 5.91 Å². The normalized spacial score (nSPS) is 16.1. The Bertz CT molecular complexity index is 1320. The Morgan fingerprint density at radius 2 is 1.85 bits per heavy atom. The van der Waals surface area contributed by atoms with Crippen LogP contribution in [0.5, 0.6) is 11.5 Å². The summed E-state index contributed by atoms with van der Waals surface area (Å²) in [6, 6.07) is 6.81. The second kappa shape index (κ2) is 12.8. The molecule has 0 spiro atoms. The second-order valence-corrected chi connectivity index (χ2v) is 9.91. The van der Waals surface area contributed by atoms with E-state index in [1.165, 1.54) is 13.3 Å². The molecule has 1 amide bonds. The van der Waals surface area contributed by atoms with E-state index in [2.05, 4.69) is 4.98 Å². The lowest BCUT2D eigenvalue weighted by Crippen LogP contribution is -2.49. The average molecular weight is 564 g/mol. The number of carbonyl (C=O) groups is 1. The SMILES string of the molecule is COc1ccc2ncc(CO)c([C@H](O)CCC3(C(=O)NO)CCN(CCOc4cc(F)c(F)c(F)c4)CC3)c2c1. The average Bonchev–Trinajstić information content (AvgIpc) is 2.97. The Labute approximate surface area is 229 Å². The maximum atomic E-state index is 13.4. The van der Waals surface area contributed by atoms with Gasteiger partial charge in [-0.05, 0) is 62.5 Å². The Morgan fingerprint density at radius 3 is 2.48 bits per heavy atom. The summed E-state index contributed by atoms with van der Waals surface area (Å²) in [5.74, 6) is -4.33. The van der Waals surface area contributed by atoms with Crippen LogP contribution in [0.2, 0.25) is 0 Å². The van der Waals surface area contributed by atoms with Crippen molar-refractivity contribution in [1.29, 1.82) is 0 Å². The van der Waals surface area contributed by atoms with Crippen molar-refractivity contribution in [3.63, 3.8) is 0 Å². The number of fused-ring (bicyclic) bond motifs is 1. The van der Waals surface area contributed by atoms with Crippen LogP contribution in [0.25, 0.3) is 10.9 Å². The highest BCUT2D eigenvalue weighted by Gasteiger charge is 2.41. The topological polar surface area (TPSA) is 124 Å². The number of aliphatic hydroxyl groups excluding tert-OH is 2. The minimum Gasteiger partial charge on any atom is -0.497 e. The first-order valence-electron chi connectivity index (χ1n) is 12.9. The molecule has 0 radical (unpaired) electrons. The first-order chi connectivity index (χ1) is 19.2. The van der Waals surface area contributed by atoms with Gasteiger partial charge in [-0.25, -0.2) is 18.7 Å². The summed E-state index contributed by atoms with van der Waals surface area (Å²) >= 11 is 0. The molecule has 0 saturated carbocycles. The molecule has 2 heterocycles. The predicted octanol–water partition coefficient (Wildman–Crippen LogP) is 3.63. The molecule has 9 nitrogen and oxygen atoms in total. The van der Waals surface area contributed by atoms with Crippen molar-refractivity contribution in [1.82, 2.24) is 15.4 Å². The van der Waals surface area contributed by atoms with E-state index in [0.717, 1.165) is 12.1 Å². The number of halogens is 3. The van der Waals surface area contributed by atoms with Crippen LogP contribution in [0.4, 0.5) is 13.2 Å². The number of carbonyl (C=O) groups excluding carboxylic acids is 1. The summed E-state index contributed by atoms with van der Waals surface area (Å²) < 4.78 is 50.6. The summed E-state index contributed by atoms with van der Waals surface area (Å²) in [6.07, 6.45) is 1.69. The Kier molecular flexibility index (Phi) is 9.46. The van der Waals surface area contributed by atoms with E-state index < -0.39 is 34.9 Å². The van der Waals surface area contributed by atoms with E-state index in [-0.39, 0.29) is 31.8 Å². The summed E-state index contributed by atoms with van der Waals surface area (Å²) in [4.78, 5) is 19.1. The number of rotatable bonds is 11. The van der Waals surface area contributed by atoms with Gasteiger partial charge in [-0.3, -0.25) is 19.9 Å². The molecule has 216 valence electrons. The van der Waals surface area contributed by atoms with Crippen LogP contribution in [-0.4, -0.2) is 64.6 Å². The molecule has 4 N–H and O–H groups in total. The van der Waals surface area contributed by atoms with Crippen LogP contribution in [0.15, 0.2) is 36.5 Å². The molecule has 1 fully saturated rings. The number of hydroxylamine groups is 1. The number of amides is 1. The third kappa shape index (κ3) is 6.30. The molecule has 4 rings (SSSR count). The van der Waals surface area contributed by atoms with Gasteiger partial charge in [0.15, 0.2) is 17.5 Å². The number of ether oxygens (including phenoxy) is 2. The van der Waals surface area contributed by atoms with Gasteiger partial charge in [-0.15, -0.1) is 0 Å². The summed E-state index contributed by atoms with van der Waals surface area (Å²) in [6.45, 7) is 1.09. The zero-order valence-corrected chi connectivity index (χ0v) is 22.0. The number of methoxy groups -OCH3 is 1. The maximum absolute atomic E-state index is 13.4. The fourth-order valence-electron chi connectivity index (χ4n) is 5.26. The zero-order valence-electron chi connectivity index (χ0n) is 22.0. The number of likely N-dealkylation sites (tertiary alicyclic amines) is 1. The number of benzene rings is 2. The molecule has 0 bridgehead atoms. The molecule has 1 atom stereocenters. The number of aliphatic hydroxyl groups is 2. The van der Waals surface area contributed by atoms with Gasteiger partial charge < -0.3 is 19.7 Å². The molecular weight excluding hydrogens is 531 g/mol. The lowest BCUT2D eigenvalue weighted by atomic mass is 9.73. The Balaban J connectivity index is 1.41. The van der Waals surface area contributed by atoms with Gasteiger partial charge in [0, 0.05) is 35.8 Å². The first-order valence-corrected chi connectivity index (χ1v) is 12.9. The van der Waals surface area contributed by atoms with E-state index in [4.69, 9.17) is 9.47 Å². The highest BCUT2D eigenvalue weighted by atomic mass is 19.2. The zero-order chi connectivity index (χ0) is 28.9. The minimum atomic E-state index is -1.56. The number of hydrogen-bond donors (Lipinski definition) is 4. The Morgan fingerprint density at radius 1 is 1.15 bits per heavy atom. The van der Waals surface area contributed by atoms with E-state index in [1.807, 2.05) is 4.90 Å². The molecule has 2 aromatic carbocycles. The van der Waals surface area contributed by atoms with Crippen molar-refractivity contribution in [3.05, 3.63) is 65.1 Å². The van der Waals surface area contributed by atoms with Crippen molar-refractivity contribution in [2.45, 2.75) is 38.4 Å². The van der Waals surface area contributed by atoms with Gasteiger partial charge in [-0.2, -0.15) is 0 Å². The summed E-state index contributed by atoms with van der Waals surface area (Å²) in [7, 11) is 1.53. The number of nitrogens with zero attached hydrogens (tertiary/aromatic N) is 2. The van der Waals surface area contributed by atoms with Gasteiger partial charge >= 0.3 is 0 Å². The van der Waals surface area contributed by atoms with Crippen LogP contribution >= 0.6 is 0 Å². The van der Waals surface area contributed by atoms with Crippen molar-refractivity contribution >= 4 is 16.8 Å². The summed E-state index contributed by atoms with van der Waals surface area (Å²) in [5.41, 5.74) is 2.41. The van der Waals surface area contributed by atoms with Crippen molar-refractivity contribution in [2.24, 2.45) is 5.41 Å². The minimum absolute atomic E-state index is 0.0882. The van der Waals surface area contributed by atoms with E-state index in [0.29, 0.717) is 60.3 Å². The molecule has 1 aliphatic rings. The number of hydrogen-bond acceptors (Lipinski definition) is 8. The molecule has 1 saturated heterocycles. The second-order valence-electron chi connectivity index (χ2n) is 9.91. The van der Waals surface area contributed by atoms with Crippen molar-refractivity contribution in [3.8, 4) is 11.5 Å². The van der Waals surface area contributed by atoms with Gasteiger partial charge in [-0.1, -0.05) is 0 Å². The van der Waals surface area contributed by atoms with Crippen molar-refractivity contribution < 1.29 is 42.9 Å². The molecule has 0 aliphatic carbocycles. The lowest BCUT2D eigenvalue weighted by molar-refractivity contribution is -0.144. The third-order valence-corrected chi connectivity index (χ3v) is 7.63. The lowest BCUT2D eigenvalue weighted by Gasteiger charge is -2.40. The Hall–Kier alpha value is -3.45. The quantitative estimate of drug-likeness (QED) is 0.158. The van der Waals surface area contributed by atoms with Crippen molar-refractivity contribution in [2.75, 3.05) is 33.4 Å². The molecule has 1 aliphatic heterocycles. The fraction of sp³-hybridized carbons (Fsp3) is 0.429. The predicted molar refractivity (Wildman–Crippen MR) is 138 cm³/mol. The van der Waals surface area contributed by atoms with Crippen LogP contribution in [-0.2, 0) is 11.4 Å². The first kappa shape index (κ1) is 29.5. The van der Waals surface area contributed by atoms with Crippen LogP contribution in [0, 0.1) is 22.9 Å². The van der Waals surface area contributed by atoms with E-state index in [9.17, 15) is 33.4 Å². The summed E-state index contributed by atoms with van der Waals surface area (Å²) in [5, 5.41) is 31.3. The molecule has 40 heavy (non-hydrogen) atoms. The molecule has 12 heteroatoms. The van der Waals surface area contributed by atoms with E-state index >= 15 is 0 Å². The molecule has 0 unspecified atom stereocenters.